The lowest BCUT2D eigenvalue weighted by atomic mass is 9.85. The predicted molar refractivity (Wildman–Crippen MR) is 176 cm³/mol. The molecule has 1 saturated heterocycles. The Balaban J connectivity index is 1.41. The lowest BCUT2D eigenvalue weighted by Crippen LogP contribution is -2.50. The van der Waals surface area contributed by atoms with E-state index < -0.39 is 77.0 Å². The maximum atomic E-state index is 15.2. The van der Waals surface area contributed by atoms with Gasteiger partial charge in [-0.15, -0.1) is 0 Å². The lowest BCUT2D eigenvalue weighted by molar-refractivity contribution is -0.153. The van der Waals surface area contributed by atoms with E-state index in [0.717, 1.165) is 27.3 Å². The SMILES string of the molecule is O=C(O)CCCNC(Cn1c(=O)c2c(n(Cc3c(F)cccc3C(F)(F)F)c1=O)COC21CCN(Cc2ccc(C(F)(F)F)o2)CC1)c1cccc(O)c1. The number of rotatable bonds is 12. The van der Waals surface area contributed by atoms with E-state index in [0.29, 0.717) is 11.6 Å². The van der Waals surface area contributed by atoms with Crippen LogP contribution in [0.25, 0.3) is 0 Å². The summed E-state index contributed by atoms with van der Waals surface area (Å²) in [5, 5.41) is 22.4. The molecule has 11 nitrogen and oxygen atoms in total. The van der Waals surface area contributed by atoms with Crippen LogP contribution in [0.2, 0.25) is 0 Å². The van der Waals surface area contributed by atoms with Crippen LogP contribution in [0.1, 0.15) is 71.2 Å². The number of carbonyl (C=O) groups is 1. The van der Waals surface area contributed by atoms with E-state index in [1.165, 1.54) is 24.3 Å². The van der Waals surface area contributed by atoms with Crippen LogP contribution < -0.4 is 16.6 Å². The number of furan rings is 1. The molecule has 2 aliphatic heterocycles. The summed E-state index contributed by atoms with van der Waals surface area (Å²) in [6.07, 6.45) is -9.48. The van der Waals surface area contributed by atoms with Crippen LogP contribution >= 0.6 is 0 Å². The zero-order valence-electron chi connectivity index (χ0n) is 28.5. The highest BCUT2D eigenvalue weighted by Gasteiger charge is 2.47. The third-order valence-electron chi connectivity index (χ3n) is 9.80. The summed E-state index contributed by atoms with van der Waals surface area (Å²) in [5.74, 6) is -3.52. The minimum atomic E-state index is -4.99. The Kier molecular flexibility index (Phi) is 10.8. The van der Waals surface area contributed by atoms with Gasteiger partial charge in [-0.05, 0) is 67.8 Å². The number of hydrogen-bond acceptors (Lipinski definition) is 8. The summed E-state index contributed by atoms with van der Waals surface area (Å²) < 4.78 is 110. The van der Waals surface area contributed by atoms with E-state index in [1.807, 2.05) is 0 Å². The van der Waals surface area contributed by atoms with Gasteiger partial charge in [0.15, 0.2) is 0 Å². The number of benzene rings is 2. The van der Waals surface area contributed by atoms with Crippen molar-refractivity contribution in [3.8, 4) is 5.75 Å². The Hall–Kier alpha value is -4.94. The summed E-state index contributed by atoms with van der Waals surface area (Å²) in [6.45, 7) is -1.19. The van der Waals surface area contributed by atoms with Gasteiger partial charge in [0.1, 0.15) is 22.9 Å². The number of nitrogens with one attached hydrogen (secondary N) is 1. The number of ether oxygens (including phenoxy) is 1. The quantitative estimate of drug-likeness (QED) is 0.122. The molecule has 0 radical (unpaired) electrons. The molecular formula is C36H35F7N4O7. The van der Waals surface area contributed by atoms with Gasteiger partial charge in [0.25, 0.3) is 5.56 Å². The monoisotopic (exact) mass is 768 g/mol. The number of hydrogen-bond donors (Lipinski definition) is 3. The number of likely N-dealkylation sites (tertiary alicyclic amines) is 1. The molecule has 2 aromatic heterocycles. The average Bonchev–Trinajstić information content (AvgIpc) is 3.72. The van der Waals surface area contributed by atoms with E-state index >= 15 is 4.39 Å². The fourth-order valence-electron chi connectivity index (χ4n) is 7.13. The van der Waals surface area contributed by atoms with Crippen molar-refractivity contribution < 1.29 is 54.9 Å². The van der Waals surface area contributed by atoms with Gasteiger partial charge in [0.2, 0.25) is 5.76 Å². The van der Waals surface area contributed by atoms with Gasteiger partial charge in [-0.2, -0.15) is 26.3 Å². The molecule has 3 N–H and O–H groups in total. The fourth-order valence-corrected chi connectivity index (χ4v) is 7.13. The van der Waals surface area contributed by atoms with Gasteiger partial charge in [-0.25, -0.2) is 9.18 Å². The van der Waals surface area contributed by atoms with Gasteiger partial charge in [0.05, 0.1) is 49.1 Å². The summed E-state index contributed by atoms with van der Waals surface area (Å²) in [6, 6.07) is 9.42. The lowest BCUT2D eigenvalue weighted by Gasteiger charge is -2.38. The van der Waals surface area contributed by atoms with Gasteiger partial charge in [-0.1, -0.05) is 18.2 Å². The molecule has 1 fully saturated rings. The molecule has 1 atom stereocenters. The number of phenols is 1. The maximum Gasteiger partial charge on any atom is 0.449 e. The molecule has 2 aliphatic rings. The molecule has 0 bridgehead atoms. The van der Waals surface area contributed by atoms with Crippen molar-refractivity contribution in [3.05, 3.63) is 121 Å². The summed E-state index contributed by atoms with van der Waals surface area (Å²) in [4.78, 5) is 41.7. The topological polar surface area (TPSA) is 139 Å². The number of phenolic OH excluding ortho intramolecular Hbond substituents is 1. The second-order valence-corrected chi connectivity index (χ2v) is 13.3. The minimum absolute atomic E-state index is 0.00932. The standard InChI is InChI=1S/C36H35F7N4O7/c37-26-7-2-6-25(35(38,39)40)24(26)18-46-28-20-53-34(11-14-45(15-12-34)17-23-9-10-29(54-23)36(41,42)43)31(28)32(51)47(33(46)52)19-27(44-13-3-8-30(49)50)21-4-1-5-22(48)16-21/h1-2,4-7,9-10,16,27,44,48H,3,8,11-15,17-20H2,(H,49,50). The van der Waals surface area contributed by atoms with E-state index in [4.69, 9.17) is 14.3 Å². The van der Waals surface area contributed by atoms with Crippen molar-refractivity contribution in [2.24, 2.45) is 0 Å². The van der Waals surface area contributed by atoms with Crippen molar-refractivity contribution in [2.75, 3.05) is 19.6 Å². The van der Waals surface area contributed by atoms with Gasteiger partial charge in [0, 0.05) is 25.1 Å². The van der Waals surface area contributed by atoms with Gasteiger partial charge >= 0.3 is 24.0 Å². The normalized spacial score (nSPS) is 16.5. The summed E-state index contributed by atoms with van der Waals surface area (Å²) in [7, 11) is 0. The Morgan fingerprint density at radius 3 is 2.31 bits per heavy atom. The Labute approximate surface area is 302 Å². The van der Waals surface area contributed by atoms with Crippen LogP contribution in [0.15, 0.2) is 68.6 Å². The van der Waals surface area contributed by atoms with Gasteiger partial charge < -0.3 is 24.7 Å². The highest BCUT2D eigenvalue weighted by Crippen LogP contribution is 2.43. The van der Waals surface area contributed by atoms with Crippen LogP contribution in [-0.4, -0.2) is 49.9 Å². The highest BCUT2D eigenvalue weighted by atomic mass is 19.4. The minimum Gasteiger partial charge on any atom is -0.508 e. The third-order valence-corrected chi connectivity index (χ3v) is 9.80. The first-order valence-corrected chi connectivity index (χ1v) is 16.9. The molecule has 2 aromatic carbocycles. The average molecular weight is 769 g/mol. The number of carboxylic acids is 1. The zero-order valence-corrected chi connectivity index (χ0v) is 28.5. The molecule has 18 heteroatoms. The van der Waals surface area contributed by atoms with Crippen LogP contribution in [0.4, 0.5) is 30.7 Å². The number of aromatic nitrogens is 2. The van der Waals surface area contributed by atoms with E-state index in [9.17, 15) is 45.8 Å². The van der Waals surface area contributed by atoms with Crippen molar-refractivity contribution in [1.82, 2.24) is 19.4 Å². The molecule has 0 amide bonds. The molecular weight excluding hydrogens is 733 g/mol. The smallest absolute Gasteiger partial charge is 0.449 e. The highest BCUT2D eigenvalue weighted by molar-refractivity contribution is 5.66. The van der Waals surface area contributed by atoms with Gasteiger partial charge in [-0.3, -0.25) is 23.6 Å². The second kappa shape index (κ2) is 15.1. The van der Waals surface area contributed by atoms with Crippen LogP contribution in [0, 0.1) is 5.82 Å². The summed E-state index contributed by atoms with van der Waals surface area (Å²) >= 11 is 0. The molecule has 6 rings (SSSR count). The maximum absolute atomic E-state index is 15.2. The zero-order chi connectivity index (χ0) is 39.0. The first kappa shape index (κ1) is 38.8. The molecule has 0 saturated carbocycles. The van der Waals surface area contributed by atoms with Crippen molar-refractivity contribution in [1.29, 1.82) is 0 Å². The largest absolute Gasteiger partial charge is 0.508 e. The van der Waals surface area contributed by atoms with Crippen LogP contribution in [-0.2, 0) is 53.7 Å². The molecule has 1 unspecified atom stereocenters. The van der Waals surface area contributed by atoms with Crippen molar-refractivity contribution in [3.63, 3.8) is 0 Å². The number of piperidine rings is 1. The molecule has 4 aromatic rings. The van der Waals surface area contributed by atoms with E-state index in [2.05, 4.69) is 5.32 Å². The van der Waals surface area contributed by atoms with E-state index in [1.54, 1.807) is 11.0 Å². The number of aliphatic carboxylic acids is 1. The Morgan fingerprint density at radius 1 is 0.944 bits per heavy atom. The van der Waals surface area contributed by atoms with Crippen molar-refractivity contribution in [2.45, 2.75) is 75.9 Å². The fraction of sp³-hybridized carbons (Fsp3) is 0.417. The molecule has 0 aliphatic carbocycles. The Morgan fingerprint density at radius 2 is 1.67 bits per heavy atom. The first-order valence-electron chi connectivity index (χ1n) is 16.9. The molecule has 54 heavy (non-hydrogen) atoms. The second-order valence-electron chi connectivity index (χ2n) is 13.3. The number of halogens is 7. The number of fused-ring (bicyclic) bond motifs is 2. The number of nitrogens with zero attached hydrogens (tertiary/aromatic N) is 3. The predicted octanol–water partition coefficient (Wildman–Crippen LogP) is 5.75. The van der Waals surface area contributed by atoms with Crippen LogP contribution in [0.3, 0.4) is 0 Å². The molecule has 4 heterocycles. The molecule has 1 spiro atoms. The number of alkyl halides is 6. The Bertz CT molecular complexity index is 2130. The first-order chi connectivity index (χ1) is 25.5. The number of carboxylic acid groups (broad SMARTS) is 1. The van der Waals surface area contributed by atoms with Crippen molar-refractivity contribution >= 4 is 5.97 Å². The van der Waals surface area contributed by atoms with Crippen LogP contribution in [0.5, 0.6) is 5.75 Å². The molecule has 290 valence electrons. The summed E-state index contributed by atoms with van der Waals surface area (Å²) in [5.41, 5.74) is -4.99. The number of aromatic hydroxyl groups is 1. The third kappa shape index (κ3) is 8.09. The van der Waals surface area contributed by atoms with E-state index in [-0.39, 0.29) is 81.2 Å².